The Labute approximate surface area is 102 Å². The lowest BCUT2D eigenvalue weighted by Gasteiger charge is -2.20. The predicted molar refractivity (Wildman–Crippen MR) is 65.6 cm³/mol. The van der Waals surface area contributed by atoms with E-state index in [0.717, 1.165) is 15.7 Å². The molecule has 0 spiro atoms. The van der Waals surface area contributed by atoms with Gasteiger partial charge in [0.25, 0.3) is 0 Å². The van der Waals surface area contributed by atoms with Gasteiger partial charge in [-0.15, -0.1) is 0 Å². The van der Waals surface area contributed by atoms with E-state index in [1.807, 2.05) is 25.1 Å². The molecule has 1 rings (SSSR count). The Morgan fingerprint density at radius 2 is 2.19 bits per heavy atom. The van der Waals surface area contributed by atoms with E-state index in [2.05, 4.69) is 21.2 Å². The Hall–Kier alpha value is -1.07. The summed E-state index contributed by atoms with van der Waals surface area (Å²) in [7, 11) is 0. The summed E-state index contributed by atoms with van der Waals surface area (Å²) in [6.07, 6.45) is 0. The minimum atomic E-state index is -1.77. The van der Waals surface area contributed by atoms with Gasteiger partial charge in [0.2, 0.25) is 0 Å². The fourth-order valence-corrected chi connectivity index (χ4v) is 1.53. The summed E-state index contributed by atoms with van der Waals surface area (Å²) in [4.78, 5) is 10.7. The number of aliphatic hydroxyl groups is 1. The van der Waals surface area contributed by atoms with Crippen molar-refractivity contribution >= 4 is 27.6 Å². The van der Waals surface area contributed by atoms with E-state index in [-0.39, 0.29) is 6.54 Å². The van der Waals surface area contributed by atoms with E-state index in [1.165, 1.54) is 6.92 Å². The van der Waals surface area contributed by atoms with Gasteiger partial charge in [-0.2, -0.15) is 0 Å². The van der Waals surface area contributed by atoms with Crippen LogP contribution in [0, 0.1) is 6.92 Å². The van der Waals surface area contributed by atoms with Gasteiger partial charge in [-0.25, -0.2) is 4.79 Å². The molecule has 0 aliphatic heterocycles. The molecule has 0 aliphatic carbocycles. The van der Waals surface area contributed by atoms with Gasteiger partial charge in [0.15, 0.2) is 5.60 Å². The van der Waals surface area contributed by atoms with Crippen molar-refractivity contribution in [1.29, 1.82) is 0 Å². The molecular weight excluding hydrogens is 274 g/mol. The topological polar surface area (TPSA) is 69.6 Å². The van der Waals surface area contributed by atoms with Crippen LogP contribution in [0.15, 0.2) is 22.7 Å². The van der Waals surface area contributed by atoms with Gasteiger partial charge in [0.1, 0.15) is 0 Å². The molecule has 16 heavy (non-hydrogen) atoms. The number of aliphatic carboxylic acids is 1. The summed E-state index contributed by atoms with van der Waals surface area (Å²) < 4.78 is 0.871. The van der Waals surface area contributed by atoms with Crippen LogP contribution in [0.4, 0.5) is 5.69 Å². The predicted octanol–water partition coefficient (Wildman–Crippen LogP) is 2.01. The average molecular weight is 288 g/mol. The standard InChI is InChI=1S/C11H14BrNO3/c1-7-4-3-5-8(9(7)12)13-6-11(2,16)10(14)15/h3-5,13,16H,6H2,1-2H3,(H,14,15). The molecule has 1 atom stereocenters. The molecule has 0 amide bonds. The first kappa shape index (κ1) is 13.0. The number of carboxylic acid groups (broad SMARTS) is 1. The van der Waals surface area contributed by atoms with Crippen LogP contribution in [0.3, 0.4) is 0 Å². The summed E-state index contributed by atoms with van der Waals surface area (Å²) >= 11 is 3.39. The lowest BCUT2D eigenvalue weighted by atomic mass is 10.1. The summed E-state index contributed by atoms with van der Waals surface area (Å²) in [6, 6.07) is 5.61. The molecule has 5 heteroatoms. The van der Waals surface area contributed by atoms with Crippen molar-refractivity contribution in [2.75, 3.05) is 11.9 Å². The summed E-state index contributed by atoms with van der Waals surface area (Å²) in [5, 5.41) is 21.2. The second-order valence-electron chi connectivity index (χ2n) is 3.87. The first-order valence-electron chi connectivity index (χ1n) is 4.79. The summed E-state index contributed by atoms with van der Waals surface area (Å²) in [6.45, 7) is 3.14. The molecule has 1 aromatic rings. The maximum atomic E-state index is 10.7. The van der Waals surface area contributed by atoms with Crippen molar-refractivity contribution in [2.45, 2.75) is 19.4 Å². The highest BCUT2D eigenvalue weighted by Crippen LogP contribution is 2.26. The molecule has 0 radical (unpaired) electrons. The Morgan fingerprint density at radius 1 is 1.56 bits per heavy atom. The van der Waals surface area contributed by atoms with Crippen LogP contribution in [0.2, 0.25) is 0 Å². The van der Waals surface area contributed by atoms with Crippen LogP contribution in [0.5, 0.6) is 0 Å². The van der Waals surface area contributed by atoms with Gasteiger partial charge >= 0.3 is 5.97 Å². The number of halogens is 1. The third kappa shape index (κ3) is 2.96. The zero-order chi connectivity index (χ0) is 12.3. The van der Waals surface area contributed by atoms with Gasteiger partial charge < -0.3 is 15.5 Å². The van der Waals surface area contributed by atoms with Gasteiger partial charge in [0, 0.05) is 10.2 Å². The molecule has 0 saturated carbocycles. The molecule has 88 valence electrons. The monoisotopic (exact) mass is 287 g/mol. The third-order valence-corrected chi connectivity index (χ3v) is 3.33. The molecule has 1 unspecified atom stereocenters. The molecule has 0 aromatic heterocycles. The number of anilines is 1. The molecule has 0 fully saturated rings. The molecule has 0 heterocycles. The zero-order valence-corrected chi connectivity index (χ0v) is 10.7. The van der Waals surface area contributed by atoms with Crippen LogP contribution >= 0.6 is 15.9 Å². The number of aryl methyl sites for hydroxylation is 1. The number of carboxylic acids is 1. The minimum absolute atomic E-state index is 0.0512. The Kier molecular flexibility index (Phi) is 3.93. The smallest absolute Gasteiger partial charge is 0.337 e. The molecule has 3 N–H and O–H groups in total. The van der Waals surface area contributed by atoms with Crippen molar-refractivity contribution in [3.8, 4) is 0 Å². The van der Waals surface area contributed by atoms with Crippen molar-refractivity contribution < 1.29 is 15.0 Å². The van der Waals surface area contributed by atoms with Crippen molar-refractivity contribution in [2.24, 2.45) is 0 Å². The molecule has 4 nitrogen and oxygen atoms in total. The lowest BCUT2D eigenvalue weighted by molar-refractivity contribution is -0.155. The quantitative estimate of drug-likeness (QED) is 0.792. The van der Waals surface area contributed by atoms with Crippen molar-refractivity contribution in [3.05, 3.63) is 28.2 Å². The van der Waals surface area contributed by atoms with Gasteiger partial charge in [-0.3, -0.25) is 0 Å². The van der Waals surface area contributed by atoms with Gasteiger partial charge in [-0.05, 0) is 41.4 Å². The lowest BCUT2D eigenvalue weighted by Crippen LogP contribution is -2.41. The van der Waals surface area contributed by atoms with Crippen molar-refractivity contribution in [3.63, 3.8) is 0 Å². The van der Waals surface area contributed by atoms with E-state index in [9.17, 15) is 9.90 Å². The zero-order valence-electron chi connectivity index (χ0n) is 9.12. The van der Waals surface area contributed by atoms with E-state index >= 15 is 0 Å². The Morgan fingerprint density at radius 3 is 2.75 bits per heavy atom. The van der Waals surface area contributed by atoms with Crippen LogP contribution in [0.1, 0.15) is 12.5 Å². The number of nitrogens with one attached hydrogen (secondary N) is 1. The third-order valence-electron chi connectivity index (χ3n) is 2.28. The molecule has 0 aliphatic rings. The van der Waals surface area contributed by atoms with Crippen LogP contribution in [-0.4, -0.2) is 28.3 Å². The van der Waals surface area contributed by atoms with Crippen molar-refractivity contribution in [1.82, 2.24) is 0 Å². The summed E-state index contributed by atoms with van der Waals surface area (Å²) in [5.41, 5.74) is 0.0323. The van der Waals surface area contributed by atoms with E-state index in [4.69, 9.17) is 5.11 Å². The molecular formula is C11H14BrNO3. The molecule has 1 aromatic carbocycles. The normalized spacial score (nSPS) is 14.2. The maximum Gasteiger partial charge on any atom is 0.337 e. The largest absolute Gasteiger partial charge is 0.479 e. The van der Waals surface area contributed by atoms with E-state index in [1.54, 1.807) is 0 Å². The second-order valence-corrected chi connectivity index (χ2v) is 4.66. The highest BCUT2D eigenvalue weighted by Gasteiger charge is 2.29. The number of hydrogen-bond donors (Lipinski definition) is 3. The number of hydrogen-bond acceptors (Lipinski definition) is 3. The first-order valence-corrected chi connectivity index (χ1v) is 5.58. The first-order chi connectivity index (χ1) is 7.34. The van der Waals surface area contributed by atoms with E-state index in [0.29, 0.717) is 0 Å². The van der Waals surface area contributed by atoms with Gasteiger partial charge in [-0.1, -0.05) is 12.1 Å². The molecule has 0 bridgehead atoms. The number of benzene rings is 1. The Balaban J connectivity index is 2.76. The van der Waals surface area contributed by atoms with Crippen LogP contribution < -0.4 is 5.32 Å². The van der Waals surface area contributed by atoms with E-state index < -0.39 is 11.6 Å². The van der Waals surface area contributed by atoms with Crippen LogP contribution in [0.25, 0.3) is 0 Å². The number of carbonyl (C=O) groups is 1. The minimum Gasteiger partial charge on any atom is -0.479 e. The SMILES string of the molecule is Cc1cccc(NCC(C)(O)C(=O)O)c1Br. The molecule has 0 saturated heterocycles. The fourth-order valence-electron chi connectivity index (χ4n) is 1.13. The fraction of sp³-hybridized carbons (Fsp3) is 0.364. The Bertz CT molecular complexity index is 404. The highest BCUT2D eigenvalue weighted by molar-refractivity contribution is 9.10. The van der Waals surface area contributed by atoms with Crippen LogP contribution in [-0.2, 0) is 4.79 Å². The summed E-state index contributed by atoms with van der Waals surface area (Å²) in [5.74, 6) is -1.25. The van der Waals surface area contributed by atoms with Gasteiger partial charge in [0.05, 0.1) is 6.54 Å². The second kappa shape index (κ2) is 4.84. The maximum absolute atomic E-state index is 10.7. The number of rotatable bonds is 4. The highest BCUT2D eigenvalue weighted by atomic mass is 79.9. The average Bonchev–Trinajstić information content (AvgIpc) is 2.20.